The number of rotatable bonds is 2. The number of fused-ring (bicyclic) bond motifs is 2. The zero-order chi connectivity index (χ0) is 14.2. The molecule has 0 spiro atoms. The van der Waals surface area contributed by atoms with Gasteiger partial charge in [-0.1, -0.05) is 58.0 Å². The van der Waals surface area contributed by atoms with E-state index >= 15 is 0 Å². The number of H-pyrrole nitrogens is 1. The average molecular weight is 354 g/mol. The summed E-state index contributed by atoms with van der Waals surface area (Å²) in [6.07, 6.45) is 2.08. The first-order valence-electron chi connectivity index (χ1n) is 6.73. The van der Waals surface area contributed by atoms with Crippen molar-refractivity contribution < 1.29 is 0 Å². The lowest BCUT2D eigenvalue weighted by Gasteiger charge is -2.03. The van der Waals surface area contributed by atoms with Gasteiger partial charge < -0.3 is 4.98 Å². The summed E-state index contributed by atoms with van der Waals surface area (Å²) in [5, 5.41) is 3.81. The Balaban J connectivity index is 1.77. The van der Waals surface area contributed by atoms with Crippen molar-refractivity contribution in [1.29, 1.82) is 0 Å². The summed E-state index contributed by atoms with van der Waals surface area (Å²) in [5.74, 6) is 0. The molecule has 0 aliphatic rings. The molecule has 102 valence electrons. The monoisotopic (exact) mass is 353 g/mol. The molecule has 4 aromatic rings. The molecule has 3 heteroatoms. The zero-order valence-electron chi connectivity index (χ0n) is 11.1. The molecule has 3 aromatic carbocycles. The topological polar surface area (TPSA) is 15.8 Å². The van der Waals surface area contributed by atoms with Crippen LogP contribution < -0.4 is 0 Å². The van der Waals surface area contributed by atoms with E-state index in [9.17, 15) is 0 Å². The number of halogens is 1. The van der Waals surface area contributed by atoms with Gasteiger partial charge in [-0.05, 0) is 41.1 Å². The van der Waals surface area contributed by atoms with Gasteiger partial charge in [0.25, 0.3) is 0 Å². The minimum Gasteiger partial charge on any atom is -0.360 e. The van der Waals surface area contributed by atoms with Gasteiger partial charge >= 0.3 is 0 Å². The van der Waals surface area contributed by atoms with Gasteiger partial charge in [0.1, 0.15) is 0 Å². The van der Waals surface area contributed by atoms with Crippen LogP contribution in [0.5, 0.6) is 0 Å². The first-order valence-corrected chi connectivity index (χ1v) is 8.34. The average Bonchev–Trinajstić information content (AvgIpc) is 2.89. The quantitative estimate of drug-likeness (QED) is 0.451. The molecule has 4 rings (SSSR count). The molecule has 0 atom stereocenters. The van der Waals surface area contributed by atoms with Crippen molar-refractivity contribution in [2.75, 3.05) is 0 Å². The van der Waals surface area contributed by atoms with Crippen molar-refractivity contribution in [2.24, 2.45) is 0 Å². The lowest BCUT2D eigenvalue weighted by Crippen LogP contribution is -1.75. The molecule has 1 N–H and O–H groups in total. The standard InChI is InChI=1S/C18H12BrNS/c19-14-6-8-17-16(10-14)18(11-20-17)21-15-7-5-12-3-1-2-4-13(12)9-15/h1-11,20H. The summed E-state index contributed by atoms with van der Waals surface area (Å²) in [6, 6.07) is 21.4. The largest absolute Gasteiger partial charge is 0.360 e. The molecule has 0 fully saturated rings. The maximum absolute atomic E-state index is 3.55. The van der Waals surface area contributed by atoms with Crippen LogP contribution in [-0.4, -0.2) is 4.98 Å². The Morgan fingerprint density at radius 1 is 0.857 bits per heavy atom. The molecule has 0 aliphatic heterocycles. The van der Waals surface area contributed by atoms with E-state index in [4.69, 9.17) is 0 Å². The van der Waals surface area contributed by atoms with Crippen LogP contribution in [0.15, 0.2) is 81.1 Å². The highest BCUT2D eigenvalue weighted by Gasteiger charge is 2.06. The number of benzene rings is 3. The summed E-state index contributed by atoms with van der Waals surface area (Å²) >= 11 is 5.34. The molecular formula is C18H12BrNS. The molecule has 1 heterocycles. The van der Waals surface area contributed by atoms with Crippen molar-refractivity contribution in [3.63, 3.8) is 0 Å². The first kappa shape index (κ1) is 13.0. The molecule has 0 saturated carbocycles. The van der Waals surface area contributed by atoms with Gasteiger partial charge in [0, 0.05) is 31.4 Å². The molecule has 1 aromatic heterocycles. The summed E-state index contributed by atoms with van der Waals surface area (Å²) in [5.41, 5.74) is 1.17. The molecule has 0 unspecified atom stereocenters. The third-order valence-corrected chi connectivity index (χ3v) is 5.10. The van der Waals surface area contributed by atoms with Gasteiger partial charge in [-0.25, -0.2) is 0 Å². The van der Waals surface area contributed by atoms with E-state index in [0.29, 0.717) is 0 Å². The molecule has 1 nitrogen and oxygen atoms in total. The Bertz CT molecular complexity index is 942. The highest BCUT2D eigenvalue weighted by Crippen LogP contribution is 2.35. The van der Waals surface area contributed by atoms with E-state index in [1.165, 1.54) is 31.5 Å². The molecule has 0 saturated heterocycles. The Morgan fingerprint density at radius 3 is 2.62 bits per heavy atom. The SMILES string of the molecule is Brc1ccc2[nH]cc(Sc3ccc4ccccc4c3)c2c1. The second-order valence-corrected chi connectivity index (χ2v) is 6.98. The van der Waals surface area contributed by atoms with Crippen LogP contribution in [0.1, 0.15) is 0 Å². The third kappa shape index (κ3) is 2.47. The number of hydrogen-bond donors (Lipinski definition) is 1. The highest BCUT2D eigenvalue weighted by molar-refractivity contribution is 9.10. The van der Waals surface area contributed by atoms with Crippen molar-refractivity contribution in [2.45, 2.75) is 9.79 Å². The van der Waals surface area contributed by atoms with Crippen molar-refractivity contribution in [1.82, 2.24) is 4.98 Å². The summed E-state index contributed by atoms with van der Waals surface area (Å²) in [4.78, 5) is 5.84. The van der Waals surface area contributed by atoms with E-state index in [1.807, 2.05) is 0 Å². The fourth-order valence-electron chi connectivity index (χ4n) is 2.51. The van der Waals surface area contributed by atoms with Crippen LogP contribution in [0, 0.1) is 0 Å². The molecule has 0 radical (unpaired) electrons. The minimum absolute atomic E-state index is 1.11. The van der Waals surface area contributed by atoms with E-state index in [2.05, 4.69) is 87.8 Å². The summed E-state index contributed by atoms with van der Waals surface area (Å²) < 4.78 is 1.11. The minimum atomic E-state index is 1.11. The number of nitrogens with one attached hydrogen (secondary N) is 1. The van der Waals surface area contributed by atoms with Gasteiger partial charge in [0.2, 0.25) is 0 Å². The summed E-state index contributed by atoms with van der Waals surface area (Å²) in [7, 11) is 0. The fourth-order valence-corrected chi connectivity index (χ4v) is 3.84. The zero-order valence-corrected chi connectivity index (χ0v) is 13.5. The lowest BCUT2D eigenvalue weighted by molar-refractivity contribution is 1.40. The van der Waals surface area contributed by atoms with Gasteiger partial charge in [-0.3, -0.25) is 0 Å². The van der Waals surface area contributed by atoms with E-state index in [0.717, 1.165) is 4.47 Å². The van der Waals surface area contributed by atoms with Crippen LogP contribution in [-0.2, 0) is 0 Å². The van der Waals surface area contributed by atoms with Gasteiger partial charge in [-0.2, -0.15) is 0 Å². The number of aromatic amines is 1. The smallest absolute Gasteiger partial charge is 0.0466 e. The van der Waals surface area contributed by atoms with Gasteiger partial charge in [0.15, 0.2) is 0 Å². The van der Waals surface area contributed by atoms with Crippen molar-refractivity contribution >= 4 is 49.4 Å². The first-order chi connectivity index (χ1) is 10.3. The maximum Gasteiger partial charge on any atom is 0.0466 e. The molecule has 0 amide bonds. The molecule has 0 aliphatic carbocycles. The molecule has 0 bridgehead atoms. The van der Waals surface area contributed by atoms with Gasteiger partial charge in [0.05, 0.1) is 0 Å². The normalized spacial score (nSPS) is 11.3. The second-order valence-electron chi connectivity index (χ2n) is 4.95. The van der Waals surface area contributed by atoms with Crippen LogP contribution in [0.4, 0.5) is 0 Å². The molecule has 21 heavy (non-hydrogen) atoms. The number of hydrogen-bond acceptors (Lipinski definition) is 1. The van der Waals surface area contributed by atoms with Crippen LogP contribution in [0.2, 0.25) is 0 Å². The van der Waals surface area contributed by atoms with E-state index in [-0.39, 0.29) is 0 Å². The van der Waals surface area contributed by atoms with E-state index < -0.39 is 0 Å². The van der Waals surface area contributed by atoms with Gasteiger partial charge in [-0.15, -0.1) is 0 Å². The van der Waals surface area contributed by atoms with Crippen molar-refractivity contribution in [3.05, 3.63) is 71.3 Å². The number of aromatic nitrogens is 1. The van der Waals surface area contributed by atoms with Crippen LogP contribution in [0.3, 0.4) is 0 Å². The Kier molecular flexibility index (Phi) is 3.24. The van der Waals surface area contributed by atoms with Crippen LogP contribution >= 0.6 is 27.7 Å². The predicted octanol–water partition coefficient (Wildman–Crippen LogP) is 6.23. The highest BCUT2D eigenvalue weighted by atomic mass is 79.9. The van der Waals surface area contributed by atoms with Crippen molar-refractivity contribution in [3.8, 4) is 0 Å². The fraction of sp³-hybridized carbons (Fsp3) is 0. The predicted molar refractivity (Wildman–Crippen MR) is 94.1 cm³/mol. The third-order valence-electron chi connectivity index (χ3n) is 3.55. The molecular weight excluding hydrogens is 342 g/mol. The van der Waals surface area contributed by atoms with Crippen LogP contribution in [0.25, 0.3) is 21.7 Å². The Hall–Kier alpha value is -1.71. The second kappa shape index (κ2) is 5.24. The maximum atomic E-state index is 3.55. The Morgan fingerprint density at radius 2 is 1.71 bits per heavy atom. The Labute approximate surface area is 135 Å². The van der Waals surface area contributed by atoms with E-state index in [1.54, 1.807) is 11.8 Å². The summed E-state index contributed by atoms with van der Waals surface area (Å²) in [6.45, 7) is 0. The lowest BCUT2D eigenvalue weighted by atomic mass is 10.1.